The lowest BCUT2D eigenvalue weighted by atomic mass is 10.0. The Bertz CT molecular complexity index is 575. The fourth-order valence-corrected chi connectivity index (χ4v) is 3.96. The van der Waals surface area contributed by atoms with Gasteiger partial charge in [0.1, 0.15) is 5.82 Å². The number of hydrogen-bond donors (Lipinski definition) is 1. The van der Waals surface area contributed by atoms with Crippen molar-refractivity contribution in [3.63, 3.8) is 0 Å². The predicted molar refractivity (Wildman–Crippen MR) is 103 cm³/mol. The maximum absolute atomic E-state index is 12.6. The molecule has 1 aliphatic carbocycles. The van der Waals surface area contributed by atoms with E-state index in [1.807, 2.05) is 18.3 Å². The molecule has 26 heavy (non-hydrogen) atoms. The number of amides is 1. The molecule has 4 rings (SSSR count). The van der Waals surface area contributed by atoms with Crippen molar-refractivity contribution in [3.8, 4) is 0 Å². The summed E-state index contributed by atoms with van der Waals surface area (Å²) in [5, 5.41) is 3.68. The van der Waals surface area contributed by atoms with Crippen LogP contribution in [0.4, 0.5) is 5.82 Å². The lowest BCUT2D eigenvalue weighted by Gasteiger charge is -2.37. The molecule has 0 aromatic carbocycles. The number of piperazine rings is 1. The van der Waals surface area contributed by atoms with Gasteiger partial charge in [-0.3, -0.25) is 9.69 Å². The fourth-order valence-electron chi connectivity index (χ4n) is 3.96. The minimum Gasteiger partial charge on any atom is -0.354 e. The van der Waals surface area contributed by atoms with Crippen molar-refractivity contribution >= 4 is 11.7 Å². The summed E-state index contributed by atoms with van der Waals surface area (Å²) in [6.07, 6.45) is 6.85. The number of carbonyl (C=O) groups excluding carboxylic acids is 1. The Hall–Kier alpha value is -1.66. The maximum Gasteiger partial charge on any atom is 0.236 e. The highest BCUT2D eigenvalue weighted by Crippen LogP contribution is 2.28. The van der Waals surface area contributed by atoms with Gasteiger partial charge in [0, 0.05) is 51.5 Å². The lowest BCUT2D eigenvalue weighted by Crippen LogP contribution is -2.52. The average Bonchev–Trinajstić information content (AvgIpc) is 3.52. The Morgan fingerprint density at radius 1 is 1.04 bits per heavy atom. The van der Waals surface area contributed by atoms with Crippen LogP contribution in [0.1, 0.15) is 25.7 Å². The topological polar surface area (TPSA) is 51.7 Å². The minimum absolute atomic E-state index is 0.303. The molecule has 0 atom stereocenters. The summed E-state index contributed by atoms with van der Waals surface area (Å²) in [6, 6.07) is 6.65. The van der Waals surface area contributed by atoms with Crippen molar-refractivity contribution in [2.45, 2.75) is 31.7 Å². The Balaban J connectivity index is 1.16. The zero-order chi connectivity index (χ0) is 17.8. The Morgan fingerprint density at radius 2 is 1.81 bits per heavy atom. The fraction of sp³-hybridized carbons (Fsp3) is 0.700. The molecule has 2 saturated heterocycles. The predicted octanol–water partition coefficient (Wildman–Crippen LogP) is 1.19. The van der Waals surface area contributed by atoms with Gasteiger partial charge in [-0.2, -0.15) is 0 Å². The summed E-state index contributed by atoms with van der Waals surface area (Å²) in [7, 11) is 0. The molecule has 0 bridgehead atoms. The lowest BCUT2D eigenvalue weighted by molar-refractivity contribution is -0.133. The molecule has 3 fully saturated rings. The molecule has 142 valence electrons. The number of nitrogens with one attached hydrogen (secondary N) is 1. The number of pyridine rings is 1. The van der Waals surface area contributed by atoms with Gasteiger partial charge in [0.15, 0.2) is 0 Å². The van der Waals surface area contributed by atoms with Crippen LogP contribution < -0.4 is 10.2 Å². The van der Waals surface area contributed by atoms with E-state index in [-0.39, 0.29) is 0 Å². The van der Waals surface area contributed by atoms with E-state index in [2.05, 4.69) is 31.1 Å². The van der Waals surface area contributed by atoms with Crippen molar-refractivity contribution in [2.75, 3.05) is 57.3 Å². The summed E-state index contributed by atoms with van der Waals surface area (Å²) in [4.78, 5) is 23.7. The normalized spacial score (nSPS) is 22.6. The van der Waals surface area contributed by atoms with E-state index in [0.717, 1.165) is 63.8 Å². The average molecular weight is 358 g/mol. The highest BCUT2D eigenvalue weighted by atomic mass is 16.2. The highest BCUT2D eigenvalue weighted by Gasteiger charge is 2.27. The second-order valence-corrected chi connectivity index (χ2v) is 7.96. The number of likely N-dealkylation sites (tertiary alicyclic amines) is 1. The molecule has 1 aromatic heterocycles. The number of aromatic nitrogens is 1. The van der Waals surface area contributed by atoms with E-state index < -0.39 is 0 Å². The maximum atomic E-state index is 12.6. The molecule has 3 aliphatic rings. The first-order valence-corrected chi connectivity index (χ1v) is 10.2. The second kappa shape index (κ2) is 8.35. The van der Waals surface area contributed by atoms with Gasteiger partial charge in [-0.25, -0.2) is 4.98 Å². The number of hydrogen-bond acceptors (Lipinski definition) is 5. The zero-order valence-electron chi connectivity index (χ0n) is 15.6. The minimum atomic E-state index is 0.303. The van der Waals surface area contributed by atoms with E-state index in [4.69, 9.17) is 0 Å². The van der Waals surface area contributed by atoms with Crippen molar-refractivity contribution in [2.24, 2.45) is 5.92 Å². The number of anilines is 1. The van der Waals surface area contributed by atoms with Crippen LogP contribution in [0.25, 0.3) is 0 Å². The van der Waals surface area contributed by atoms with Crippen LogP contribution in [-0.4, -0.2) is 79.1 Å². The summed E-state index contributed by atoms with van der Waals surface area (Å²) >= 11 is 0. The molecule has 6 heteroatoms. The third-order valence-corrected chi connectivity index (χ3v) is 5.94. The van der Waals surface area contributed by atoms with E-state index in [0.29, 0.717) is 18.5 Å². The Kier molecular flexibility index (Phi) is 5.70. The van der Waals surface area contributed by atoms with Crippen LogP contribution in [0.15, 0.2) is 24.4 Å². The number of carbonyl (C=O) groups is 1. The highest BCUT2D eigenvalue weighted by molar-refractivity contribution is 5.78. The molecule has 1 N–H and O–H groups in total. The van der Waals surface area contributed by atoms with Crippen molar-refractivity contribution in [1.29, 1.82) is 0 Å². The first kappa shape index (κ1) is 17.7. The van der Waals surface area contributed by atoms with Gasteiger partial charge in [0.05, 0.1) is 6.54 Å². The summed E-state index contributed by atoms with van der Waals surface area (Å²) in [5.41, 5.74) is 0. The third kappa shape index (κ3) is 4.74. The van der Waals surface area contributed by atoms with E-state index in [1.54, 1.807) is 0 Å². The molecule has 0 unspecified atom stereocenters. The first-order valence-electron chi connectivity index (χ1n) is 10.2. The number of nitrogens with zero attached hydrogens (tertiary/aromatic N) is 4. The monoisotopic (exact) mass is 357 g/mol. The molecule has 3 heterocycles. The van der Waals surface area contributed by atoms with Crippen LogP contribution in [0.2, 0.25) is 0 Å². The summed E-state index contributed by atoms with van der Waals surface area (Å²) in [6.45, 7) is 7.32. The van der Waals surface area contributed by atoms with E-state index >= 15 is 0 Å². The first-order chi connectivity index (χ1) is 12.8. The van der Waals surface area contributed by atoms with Crippen molar-refractivity contribution in [3.05, 3.63) is 24.4 Å². The van der Waals surface area contributed by atoms with E-state index in [1.165, 1.54) is 19.4 Å². The number of rotatable bonds is 6. The number of piperidine rings is 1. The van der Waals surface area contributed by atoms with Crippen LogP contribution in [0.5, 0.6) is 0 Å². The zero-order valence-corrected chi connectivity index (χ0v) is 15.6. The van der Waals surface area contributed by atoms with Crippen molar-refractivity contribution < 1.29 is 4.79 Å². The molecule has 6 nitrogen and oxygen atoms in total. The molecule has 1 amide bonds. The largest absolute Gasteiger partial charge is 0.354 e. The van der Waals surface area contributed by atoms with E-state index in [9.17, 15) is 4.79 Å². The van der Waals surface area contributed by atoms with Gasteiger partial charge in [-0.05, 0) is 50.3 Å². The van der Waals surface area contributed by atoms with Crippen LogP contribution in [-0.2, 0) is 4.79 Å². The molecule has 1 aromatic rings. The molecule has 1 saturated carbocycles. The molecular formula is C20H31N5O. The Labute approximate surface area is 156 Å². The van der Waals surface area contributed by atoms with Crippen molar-refractivity contribution in [1.82, 2.24) is 20.1 Å². The molecular weight excluding hydrogens is 326 g/mol. The third-order valence-electron chi connectivity index (χ3n) is 5.94. The van der Waals surface area contributed by atoms with Gasteiger partial charge >= 0.3 is 0 Å². The van der Waals surface area contributed by atoms with Crippen LogP contribution >= 0.6 is 0 Å². The standard InChI is InChI=1S/C20H31N5O/c26-20(25-9-6-18(7-10-25)22-15-17-4-5-17)16-23-11-13-24(14-12-23)19-3-1-2-8-21-19/h1-3,8,17-18,22H,4-7,9-16H2. The second-order valence-electron chi connectivity index (χ2n) is 7.96. The van der Waals surface area contributed by atoms with Gasteiger partial charge < -0.3 is 15.1 Å². The molecule has 0 spiro atoms. The SMILES string of the molecule is O=C(CN1CCN(c2ccccn2)CC1)N1CCC(NCC2CC2)CC1. The molecule has 2 aliphatic heterocycles. The van der Waals surface area contributed by atoms with Crippen LogP contribution in [0.3, 0.4) is 0 Å². The van der Waals surface area contributed by atoms with Gasteiger partial charge in [0.25, 0.3) is 0 Å². The van der Waals surface area contributed by atoms with Crippen LogP contribution in [0, 0.1) is 5.92 Å². The van der Waals surface area contributed by atoms with Gasteiger partial charge in [0.2, 0.25) is 5.91 Å². The summed E-state index contributed by atoms with van der Waals surface area (Å²) < 4.78 is 0. The van der Waals surface area contributed by atoms with Gasteiger partial charge in [-0.15, -0.1) is 0 Å². The quantitative estimate of drug-likeness (QED) is 0.829. The Morgan fingerprint density at radius 3 is 2.46 bits per heavy atom. The molecule has 0 radical (unpaired) electrons. The smallest absolute Gasteiger partial charge is 0.236 e. The van der Waals surface area contributed by atoms with Gasteiger partial charge in [-0.1, -0.05) is 6.07 Å². The summed E-state index contributed by atoms with van der Waals surface area (Å²) in [5.74, 6) is 2.27.